The van der Waals surface area contributed by atoms with Gasteiger partial charge in [-0.15, -0.1) is 0 Å². The molecular formula is C24H24ClFN4O3. The van der Waals surface area contributed by atoms with Crippen molar-refractivity contribution in [3.63, 3.8) is 0 Å². The maximum Gasteiger partial charge on any atom is 0.293 e. The minimum Gasteiger partial charge on any atom is -0.447 e. The van der Waals surface area contributed by atoms with Crippen LogP contribution in [0.2, 0.25) is 5.15 Å². The van der Waals surface area contributed by atoms with Crippen molar-refractivity contribution in [1.82, 2.24) is 9.88 Å². The lowest BCUT2D eigenvalue weighted by molar-refractivity contribution is 0.0956. The smallest absolute Gasteiger partial charge is 0.293 e. The zero-order valence-corrected chi connectivity index (χ0v) is 19.3. The fourth-order valence-corrected chi connectivity index (χ4v) is 4.09. The van der Waals surface area contributed by atoms with Crippen molar-refractivity contribution in [3.05, 3.63) is 76.7 Å². The van der Waals surface area contributed by atoms with Crippen LogP contribution in [0.15, 0.2) is 53.1 Å². The number of ketones is 1. The van der Waals surface area contributed by atoms with E-state index in [1.807, 2.05) is 19.0 Å². The molecule has 0 bridgehead atoms. The fourth-order valence-electron chi connectivity index (χ4n) is 3.89. The zero-order chi connectivity index (χ0) is 23.7. The van der Waals surface area contributed by atoms with Crippen molar-refractivity contribution < 1.29 is 18.4 Å². The topological polar surface area (TPSA) is 69.9 Å². The van der Waals surface area contributed by atoms with Gasteiger partial charge in [-0.3, -0.25) is 9.59 Å². The molecule has 3 heterocycles. The van der Waals surface area contributed by atoms with Gasteiger partial charge in [-0.25, -0.2) is 9.37 Å². The van der Waals surface area contributed by atoms with Crippen LogP contribution in [-0.4, -0.2) is 61.8 Å². The summed E-state index contributed by atoms with van der Waals surface area (Å²) in [5.74, 6) is -1.46. The third kappa shape index (κ3) is 4.62. The zero-order valence-electron chi connectivity index (χ0n) is 18.6. The number of halogens is 2. The highest BCUT2D eigenvalue weighted by Gasteiger charge is 2.27. The lowest BCUT2D eigenvalue weighted by Crippen LogP contribution is -2.31. The van der Waals surface area contributed by atoms with Gasteiger partial charge in [0.2, 0.25) is 5.78 Å². The number of carbonyl (C=O) groups is 2. The van der Waals surface area contributed by atoms with E-state index in [2.05, 4.69) is 9.88 Å². The van der Waals surface area contributed by atoms with Crippen LogP contribution < -0.4 is 9.80 Å². The molecule has 1 atom stereocenters. The monoisotopic (exact) mass is 470 g/mol. The summed E-state index contributed by atoms with van der Waals surface area (Å²) in [5.41, 5.74) is 1.07. The average Bonchev–Trinajstić information content (AvgIpc) is 3.48. The first kappa shape index (κ1) is 22.9. The second-order valence-electron chi connectivity index (χ2n) is 8.19. The van der Waals surface area contributed by atoms with Crippen LogP contribution in [0.1, 0.15) is 33.1 Å². The van der Waals surface area contributed by atoms with Gasteiger partial charge in [-0.1, -0.05) is 11.6 Å². The van der Waals surface area contributed by atoms with Crippen LogP contribution in [0, 0.1) is 5.82 Å². The maximum atomic E-state index is 14.9. The number of hydrogen-bond donors (Lipinski definition) is 0. The van der Waals surface area contributed by atoms with E-state index in [4.69, 9.17) is 16.0 Å². The number of anilines is 2. The van der Waals surface area contributed by atoms with Crippen LogP contribution in [0.3, 0.4) is 0 Å². The summed E-state index contributed by atoms with van der Waals surface area (Å²) in [6.07, 6.45) is 2.44. The average molecular weight is 471 g/mol. The SMILES string of the molecule is CN(C(=O)c1ccc(C(=O)c2cccnc2Cl)o1)c1ccc(N2CCC(N(C)C)C2)c(F)c1. The minimum atomic E-state index is -0.507. The Labute approximate surface area is 196 Å². The molecule has 9 heteroatoms. The molecule has 7 nitrogen and oxygen atoms in total. The summed E-state index contributed by atoms with van der Waals surface area (Å²) in [6, 6.07) is 11.0. The van der Waals surface area contributed by atoms with Gasteiger partial charge in [0.25, 0.3) is 5.91 Å². The van der Waals surface area contributed by atoms with Crippen molar-refractivity contribution in [2.75, 3.05) is 44.0 Å². The molecule has 172 valence electrons. The molecule has 1 fully saturated rings. The van der Waals surface area contributed by atoms with Crippen LogP contribution >= 0.6 is 11.6 Å². The third-order valence-electron chi connectivity index (χ3n) is 5.90. The molecule has 0 N–H and O–H groups in total. The van der Waals surface area contributed by atoms with E-state index < -0.39 is 17.5 Å². The largest absolute Gasteiger partial charge is 0.447 e. The van der Waals surface area contributed by atoms with Crippen LogP contribution in [0.4, 0.5) is 15.8 Å². The van der Waals surface area contributed by atoms with Gasteiger partial charge in [-0.05, 0) is 63.0 Å². The van der Waals surface area contributed by atoms with Gasteiger partial charge in [0.05, 0.1) is 11.3 Å². The number of furan rings is 1. The number of pyridine rings is 1. The number of amides is 1. The third-order valence-corrected chi connectivity index (χ3v) is 6.20. The Morgan fingerprint density at radius 3 is 2.58 bits per heavy atom. The predicted octanol–water partition coefficient (Wildman–Crippen LogP) is 4.12. The van der Waals surface area contributed by atoms with Gasteiger partial charge in [0.15, 0.2) is 11.5 Å². The van der Waals surface area contributed by atoms with E-state index in [9.17, 15) is 14.0 Å². The van der Waals surface area contributed by atoms with Crippen molar-refractivity contribution in [3.8, 4) is 0 Å². The molecule has 1 aliphatic heterocycles. The van der Waals surface area contributed by atoms with E-state index >= 15 is 0 Å². The lowest BCUT2D eigenvalue weighted by atomic mass is 10.1. The van der Waals surface area contributed by atoms with Crippen molar-refractivity contribution in [2.24, 2.45) is 0 Å². The Morgan fingerprint density at radius 1 is 1.15 bits per heavy atom. The Morgan fingerprint density at radius 2 is 1.91 bits per heavy atom. The number of hydrogen-bond acceptors (Lipinski definition) is 6. The highest BCUT2D eigenvalue weighted by Crippen LogP contribution is 2.29. The first-order valence-corrected chi connectivity index (χ1v) is 10.9. The highest BCUT2D eigenvalue weighted by atomic mass is 35.5. The van der Waals surface area contributed by atoms with E-state index in [1.165, 1.54) is 42.4 Å². The van der Waals surface area contributed by atoms with Crippen molar-refractivity contribution in [2.45, 2.75) is 12.5 Å². The molecule has 0 spiro atoms. The second-order valence-corrected chi connectivity index (χ2v) is 8.54. The molecule has 0 saturated carbocycles. The standard InChI is InChI=1S/C24H24ClFN4O3/c1-28(2)16-10-12-30(14-16)19-7-6-15(13-18(19)26)29(3)24(32)21-9-8-20(33-21)22(31)17-5-4-11-27-23(17)25/h4-9,11,13,16H,10,12,14H2,1-3H3. The Hall–Kier alpha value is -3.23. The first-order chi connectivity index (χ1) is 15.8. The van der Waals surface area contributed by atoms with E-state index in [0.29, 0.717) is 17.4 Å². The van der Waals surface area contributed by atoms with Gasteiger partial charge < -0.3 is 19.1 Å². The Bertz CT molecular complexity index is 1200. The minimum absolute atomic E-state index is 0.0346. The van der Waals surface area contributed by atoms with Crippen LogP contribution in [0.25, 0.3) is 0 Å². The van der Waals surface area contributed by atoms with Crippen molar-refractivity contribution in [1.29, 1.82) is 0 Å². The summed E-state index contributed by atoms with van der Waals surface area (Å²) < 4.78 is 20.4. The van der Waals surface area contributed by atoms with E-state index in [0.717, 1.165) is 19.5 Å². The van der Waals surface area contributed by atoms with Gasteiger partial charge in [0, 0.05) is 38.1 Å². The van der Waals surface area contributed by atoms with E-state index in [-0.39, 0.29) is 22.2 Å². The lowest BCUT2D eigenvalue weighted by Gasteiger charge is -2.23. The molecule has 4 rings (SSSR count). The van der Waals surface area contributed by atoms with Crippen molar-refractivity contribution >= 4 is 34.7 Å². The predicted molar refractivity (Wildman–Crippen MR) is 125 cm³/mol. The summed E-state index contributed by atoms with van der Waals surface area (Å²) in [6.45, 7) is 1.53. The van der Waals surface area contributed by atoms with Gasteiger partial charge >= 0.3 is 0 Å². The number of aromatic nitrogens is 1. The Kier molecular flexibility index (Phi) is 6.49. The molecule has 33 heavy (non-hydrogen) atoms. The molecule has 0 aliphatic carbocycles. The normalized spacial score (nSPS) is 15.8. The fraction of sp³-hybridized carbons (Fsp3) is 0.292. The molecule has 1 amide bonds. The second kappa shape index (κ2) is 9.33. The molecule has 2 aromatic heterocycles. The number of carbonyl (C=O) groups excluding carboxylic acids is 2. The molecule has 1 saturated heterocycles. The summed E-state index contributed by atoms with van der Waals surface area (Å²) in [5, 5.41) is 0.0503. The molecule has 3 aromatic rings. The van der Waals surface area contributed by atoms with Crippen LogP contribution in [0.5, 0.6) is 0 Å². The summed E-state index contributed by atoms with van der Waals surface area (Å²) in [7, 11) is 5.57. The van der Waals surface area contributed by atoms with Gasteiger partial charge in [0.1, 0.15) is 11.0 Å². The van der Waals surface area contributed by atoms with Gasteiger partial charge in [-0.2, -0.15) is 0 Å². The summed E-state index contributed by atoms with van der Waals surface area (Å²) >= 11 is 5.98. The number of rotatable bonds is 6. The molecular weight excluding hydrogens is 447 g/mol. The molecule has 1 aromatic carbocycles. The molecule has 1 unspecified atom stereocenters. The number of nitrogens with zero attached hydrogens (tertiary/aromatic N) is 4. The number of likely N-dealkylation sites (N-methyl/N-ethyl adjacent to an activating group) is 1. The Balaban J connectivity index is 1.49. The number of benzene rings is 1. The quantitative estimate of drug-likeness (QED) is 0.399. The molecule has 1 aliphatic rings. The first-order valence-electron chi connectivity index (χ1n) is 10.5. The van der Waals surface area contributed by atoms with Crippen LogP contribution in [-0.2, 0) is 0 Å². The van der Waals surface area contributed by atoms with E-state index in [1.54, 1.807) is 18.2 Å². The summed E-state index contributed by atoms with van der Waals surface area (Å²) in [4.78, 5) is 34.8. The highest BCUT2D eigenvalue weighted by molar-refractivity contribution is 6.33. The maximum absolute atomic E-state index is 14.9. The molecule has 0 radical (unpaired) electrons.